The molecular formula is C17H24F3NO4. The number of hydrogen-bond acceptors (Lipinski definition) is 4. The number of alkyl carbamates (subject to hydrolysis) is 1. The van der Waals surface area contributed by atoms with E-state index in [0.717, 1.165) is 12.1 Å². The van der Waals surface area contributed by atoms with Crippen molar-refractivity contribution in [1.82, 2.24) is 5.32 Å². The minimum atomic E-state index is -4.45. The Balaban J connectivity index is 2.66. The molecule has 8 heteroatoms. The highest BCUT2D eigenvalue weighted by molar-refractivity contribution is 5.67. The predicted octanol–water partition coefficient (Wildman–Crippen LogP) is 3.53. The molecule has 0 radical (unpaired) electrons. The third-order valence-electron chi connectivity index (χ3n) is 3.03. The second kappa shape index (κ2) is 8.94. The zero-order valence-electron chi connectivity index (χ0n) is 14.6. The Morgan fingerprint density at radius 1 is 1.24 bits per heavy atom. The van der Waals surface area contributed by atoms with Gasteiger partial charge in [0, 0.05) is 6.54 Å². The molecule has 25 heavy (non-hydrogen) atoms. The average Bonchev–Trinajstić information content (AvgIpc) is 2.47. The van der Waals surface area contributed by atoms with Gasteiger partial charge in [-0.05, 0) is 57.4 Å². The van der Waals surface area contributed by atoms with E-state index < -0.39 is 23.4 Å². The van der Waals surface area contributed by atoms with Gasteiger partial charge in [0.05, 0.1) is 12.2 Å². The summed E-state index contributed by atoms with van der Waals surface area (Å²) in [5.41, 5.74) is -1.01. The van der Waals surface area contributed by atoms with Crippen LogP contribution in [0.1, 0.15) is 38.3 Å². The van der Waals surface area contributed by atoms with E-state index in [4.69, 9.17) is 14.6 Å². The van der Waals surface area contributed by atoms with Gasteiger partial charge in [-0.15, -0.1) is 0 Å². The topological polar surface area (TPSA) is 67.8 Å². The molecule has 0 aliphatic rings. The fourth-order valence-corrected chi connectivity index (χ4v) is 2.03. The highest BCUT2D eigenvalue weighted by Gasteiger charge is 2.31. The number of aryl methyl sites for hydroxylation is 1. The molecule has 0 saturated heterocycles. The number of nitrogens with one attached hydrogen (secondary N) is 1. The molecular weight excluding hydrogens is 339 g/mol. The van der Waals surface area contributed by atoms with Gasteiger partial charge in [0.25, 0.3) is 0 Å². The Hall–Kier alpha value is -1.96. The van der Waals surface area contributed by atoms with Gasteiger partial charge in [-0.3, -0.25) is 0 Å². The van der Waals surface area contributed by atoms with Crippen LogP contribution in [-0.4, -0.2) is 36.6 Å². The maximum Gasteiger partial charge on any atom is 0.416 e. The van der Waals surface area contributed by atoms with Gasteiger partial charge in [-0.25, -0.2) is 4.79 Å². The molecule has 1 aromatic carbocycles. The minimum absolute atomic E-state index is 0.00543. The molecule has 1 rings (SSSR count). The molecule has 0 aromatic heterocycles. The summed E-state index contributed by atoms with van der Waals surface area (Å²) < 4.78 is 48.9. The monoisotopic (exact) mass is 363 g/mol. The number of carbonyl (C=O) groups excluding carboxylic acids is 1. The third kappa shape index (κ3) is 8.11. The SMILES string of the molecule is CC(C)(C)OC(=O)NCCCc1cc(C(F)(F)F)ccc1OCCO. The highest BCUT2D eigenvalue weighted by Crippen LogP contribution is 2.33. The Labute approximate surface area is 145 Å². The molecule has 0 bridgehead atoms. The van der Waals surface area contributed by atoms with E-state index in [1.54, 1.807) is 20.8 Å². The maximum absolute atomic E-state index is 12.8. The van der Waals surface area contributed by atoms with Gasteiger partial charge in [-0.2, -0.15) is 13.2 Å². The summed E-state index contributed by atoms with van der Waals surface area (Å²) in [6.45, 7) is 5.22. The molecule has 1 aromatic rings. The number of halogens is 3. The molecule has 2 N–H and O–H groups in total. The van der Waals surface area contributed by atoms with Crippen LogP contribution in [0, 0.1) is 0 Å². The first kappa shape index (κ1) is 21.1. The lowest BCUT2D eigenvalue weighted by molar-refractivity contribution is -0.137. The van der Waals surface area contributed by atoms with Crippen molar-refractivity contribution in [1.29, 1.82) is 0 Å². The number of ether oxygens (including phenoxy) is 2. The lowest BCUT2D eigenvalue weighted by Gasteiger charge is -2.19. The van der Waals surface area contributed by atoms with Crippen LogP contribution >= 0.6 is 0 Å². The Morgan fingerprint density at radius 2 is 1.92 bits per heavy atom. The van der Waals surface area contributed by atoms with E-state index in [9.17, 15) is 18.0 Å². The summed E-state index contributed by atoms with van der Waals surface area (Å²) in [7, 11) is 0. The standard InChI is InChI=1S/C17H24F3NO4/c1-16(2,3)25-15(23)21-8-4-5-12-11-13(17(18,19)20)6-7-14(12)24-10-9-22/h6-7,11,22H,4-5,8-10H2,1-3H3,(H,21,23). The second-order valence-electron chi connectivity index (χ2n) is 6.42. The number of carbonyl (C=O) groups is 1. The number of benzene rings is 1. The van der Waals surface area contributed by atoms with Gasteiger partial charge in [0.1, 0.15) is 18.0 Å². The lowest BCUT2D eigenvalue weighted by atomic mass is 10.0. The van der Waals surface area contributed by atoms with Crippen LogP contribution in [-0.2, 0) is 17.3 Å². The lowest BCUT2D eigenvalue weighted by Crippen LogP contribution is -2.33. The molecule has 0 spiro atoms. The molecule has 0 atom stereocenters. The summed E-state index contributed by atoms with van der Waals surface area (Å²) in [5.74, 6) is 0.291. The average molecular weight is 363 g/mol. The summed E-state index contributed by atoms with van der Waals surface area (Å²) in [6.07, 6.45) is -4.33. The van der Waals surface area contributed by atoms with E-state index in [-0.39, 0.29) is 26.2 Å². The summed E-state index contributed by atoms with van der Waals surface area (Å²) in [4.78, 5) is 11.5. The Morgan fingerprint density at radius 3 is 2.48 bits per heavy atom. The Bertz CT molecular complexity index is 568. The van der Waals surface area contributed by atoms with Crippen molar-refractivity contribution >= 4 is 6.09 Å². The van der Waals surface area contributed by atoms with E-state index in [0.29, 0.717) is 17.7 Å². The number of alkyl halides is 3. The van der Waals surface area contributed by atoms with Crippen molar-refractivity contribution in [2.75, 3.05) is 19.8 Å². The van der Waals surface area contributed by atoms with Crippen LogP contribution < -0.4 is 10.1 Å². The van der Waals surface area contributed by atoms with Gasteiger partial charge in [0.15, 0.2) is 0 Å². The first-order valence-electron chi connectivity index (χ1n) is 7.93. The molecule has 5 nitrogen and oxygen atoms in total. The van der Waals surface area contributed by atoms with Crippen LogP contribution in [0.15, 0.2) is 18.2 Å². The third-order valence-corrected chi connectivity index (χ3v) is 3.03. The van der Waals surface area contributed by atoms with E-state index >= 15 is 0 Å². The van der Waals surface area contributed by atoms with Crippen LogP contribution in [0.5, 0.6) is 5.75 Å². The van der Waals surface area contributed by atoms with Crippen molar-refractivity contribution in [2.45, 2.75) is 45.4 Å². The molecule has 0 unspecified atom stereocenters. The van der Waals surface area contributed by atoms with Crippen LogP contribution in [0.4, 0.5) is 18.0 Å². The first-order chi connectivity index (χ1) is 11.5. The van der Waals surface area contributed by atoms with E-state index in [1.165, 1.54) is 6.07 Å². The first-order valence-corrected chi connectivity index (χ1v) is 7.93. The zero-order chi connectivity index (χ0) is 19.1. The zero-order valence-corrected chi connectivity index (χ0v) is 14.6. The number of aliphatic hydroxyl groups excluding tert-OH is 1. The summed E-state index contributed by atoms with van der Waals surface area (Å²) in [6, 6.07) is 3.21. The van der Waals surface area contributed by atoms with Crippen molar-refractivity contribution in [3.63, 3.8) is 0 Å². The molecule has 142 valence electrons. The molecule has 0 aliphatic carbocycles. The largest absolute Gasteiger partial charge is 0.491 e. The molecule has 0 saturated carbocycles. The fraction of sp³-hybridized carbons (Fsp3) is 0.588. The smallest absolute Gasteiger partial charge is 0.416 e. The van der Waals surface area contributed by atoms with Crippen molar-refractivity contribution in [3.05, 3.63) is 29.3 Å². The summed E-state index contributed by atoms with van der Waals surface area (Å²) >= 11 is 0. The molecule has 1 amide bonds. The van der Waals surface area contributed by atoms with Gasteiger partial charge in [-0.1, -0.05) is 0 Å². The van der Waals surface area contributed by atoms with Gasteiger partial charge < -0.3 is 19.9 Å². The molecule has 0 heterocycles. The highest BCUT2D eigenvalue weighted by atomic mass is 19.4. The van der Waals surface area contributed by atoms with Crippen molar-refractivity contribution in [3.8, 4) is 5.75 Å². The Kier molecular flexibility index (Phi) is 7.54. The normalized spacial score (nSPS) is 12.0. The quantitative estimate of drug-likeness (QED) is 0.727. The fourth-order valence-electron chi connectivity index (χ4n) is 2.03. The number of aliphatic hydroxyl groups is 1. The van der Waals surface area contributed by atoms with Crippen molar-refractivity contribution < 1.29 is 32.5 Å². The van der Waals surface area contributed by atoms with Crippen LogP contribution in [0.25, 0.3) is 0 Å². The van der Waals surface area contributed by atoms with Crippen molar-refractivity contribution in [2.24, 2.45) is 0 Å². The second-order valence-corrected chi connectivity index (χ2v) is 6.42. The number of rotatable bonds is 7. The molecule has 0 aliphatic heterocycles. The van der Waals surface area contributed by atoms with Gasteiger partial charge in [0.2, 0.25) is 0 Å². The van der Waals surface area contributed by atoms with Crippen LogP contribution in [0.3, 0.4) is 0 Å². The minimum Gasteiger partial charge on any atom is -0.491 e. The molecule has 0 fully saturated rings. The number of amides is 1. The number of hydrogen-bond donors (Lipinski definition) is 2. The van der Waals surface area contributed by atoms with E-state index in [2.05, 4.69) is 5.32 Å². The van der Waals surface area contributed by atoms with Crippen LogP contribution in [0.2, 0.25) is 0 Å². The van der Waals surface area contributed by atoms with Gasteiger partial charge >= 0.3 is 12.3 Å². The predicted molar refractivity (Wildman–Crippen MR) is 86.6 cm³/mol. The maximum atomic E-state index is 12.8. The summed E-state index contributed by atoms with van der Waals surface area (Å²) in [5, 5.41) is 11.4. The van der Waals surface area contributed by atoms with E-state index in [1.807, 2.05) is 0 Å².